The molecule has 3 rings (SSSR count). The third-order valence-electron chi connectivity index (χ3n) is 5.90. The Morgan fingerprint density at radius 2 is 2.07 bits per heavy atom. The van der Waals surface area contributed by atoms with Crippen molar-refractivity contribution in [3.63, 3.8) is 0 Å². The minimum atomic E-state index is 0.0896. The second kappa shape index (κ2) is 8.87. The summed E-state index contributed by atoms with van der Waals surface area (Å²) in [4.78, 5) is 4.47. The van der Waals surface area contributed by atoms with E-state index in [2.05, 4.69) is 54.0 Å². The highest BCUT2D eigenvalue weighted by molar-refractivity contribution is 5.75. The molecule has 156 valence electrons. The largest absolute Gasteiger partial charge is 0.394 e. The van der Waals surface area contributed by atoms with E-state index < -0.39 is 0 Å². The van der Waals surface area contributed by atoms with Crippen molar-refractivity contribution in [3.05, 3.63) is 60.2 Å². The first-order chi connectivity index (χ1) is 13.8. The number of allylic oxidation sites excluding steroid dienone is 2. The topological polar surface area (TPSA) is 44.5 Å². The molecule has 5 heteroatoms. The van der Waals surface area contributed by atoms with Gasteiger partial charge in [-0.3, -0.25) is 4.68 Å². The maximum Gasteiger partial charge on any atom is 0.0641 e. The lowest BCUT2D eigenvalue weighted by Gasteiger charge is -2.39. The molecule has 2 aromatic rings. The smallest absolute Gasteiger partial charge is 0.0641 e. The average Bonchev–Trinajstić information content (AvgIpc) is 3.13. The molecule has 2 heterocycles. The van der Waals surface area contributed by atoms with E-state index in [4.69, 9.17) is 0 Å². The highest BCUT2D eigenvalue weighted by Crippen LogP contribution is 2.40. The van der Waals surface area contributed by atoms with E-state index >= 15 is 0 Å². The van der Waals surface area contributed by atoms with Gasteiger partial charge in [0.15, 0.2) is 0 Å². The van der Waals surface area contributed by atoms with Crippen molar-refractivity contribution >= 4 is 5.69 Å². The monoisotopic (exact) mass is 394 g/mol. The Hall–Kier alpha value is -2.53. The van der Waals surface area contributed by atoms with E-state index in [-0.39, 0.29) is 6.61 Å². The molecule has 0 fully saturated rings. The van der Waals surface area contributed by atoms with E-state index in [1.807, 2.05) is 26.5 Å². The summed E-state index contributed by atoms with van der Waals surface area (Å²) in [5.41, 5.74) is 8.64. The van der Waals surface area contributed by atoms with Crippen LogP contribution in [-0.4, -0.2) is 46.5 Å². The lowest BCUT2D eigenvalue weighted by molar-refractivity contribution is 0.269. The maximum absolute atomic E-state index is 9.23. The van der Waals surface area contributed by atoms with Gasteiger partial charge in [0.2, 0.25) is 0 Å². The van der Waals surface area contributed by atoms with Crippen LogP contribution in [-0.2, 0) is 19.4 Å². The molecule has 1 atom stereocenters. The molecule has 29 heavy (non-hydrogen) atoms. The fourth-order valence-electron chi connectivity index (χ4n) is 4.26. The van der Waals surface area contributed by atoms with E-state index in [9.17, 15) is 5.11 Å². The van der Waals surface area contributed by atoms with Crippen molar-refractivity contribution in [2.75, 3.05) is 25.6 Å². The standard InChI is InChI=1S/C24H34N4O/c1-17(2)28-19(4)8-10-23-22(9-7-18(3)26(5)6)21(11-12-24(23)28)20-15-25-27(16-20)13-14-29/h11-12,15-16,19,29H,1,3,7-10,13-14H2,2,4-6H3. The zero-order chi connectivity index (χ0) is 21.1. The zero-order valence-corrected chi connectivity index (χ0v) is 18.3. The van der Waals surface area contributed by atoms with Gasteiger partial charge in [-0.15, -0.1) is 0 Å². The minimum Gasteiger partial charge on any atom is -0.394 e. The second-order valence-electron chi connectivity index (χ2n) is 8.26. The lowest BCUT2D eigenvalue weighted by Crippen LogP contribution is -2.36. The zero-order valence-electron chi connectivity index (χ0n) is 18.3. The molecule has 0 bridgehead atoms. The molecule has 1 aliphatic heterocycles. The Labute approximate surface area is 174 Å². The number of fused-ring (bicyclic) bond motifs is 1. The van der Waals surface area contributed by atoms with Gasteiger partial charge in [-0.2, -0.15) is 5.10 Å². The first kappa shape index (κ1) is 21.2. The second-order valence-corrected chi connectivity index (χ2v) is 8.26. The van der Waals surface area contributed by atoms with Crippen LogP contribution in [0.4, 0.5) is 5.69 Å². The van der Waals surface area contributed by atoms with Gasteiger partial charge < -0.3 is 14.9 Å². The molecule has 1 unspecified atom stereocenters. The van der Waals surface area contributed by atoms with Gasteiger partial charge in [-0.05, 0) is 62.3 Å². The Kier molecular flexibility index (Phi) is 6.48. The van der Waals surface area contributed by atoms with Gasteiger partial charge >= 0.3 is 0 Å². The molecular formula is C24H34N4O. The van der Waals surface area contributed by atoms with Gasteiger partial charge in [0.05, 0.1) is 19.3 Å². The predicted octanol–water partition coefficient (Wildman–Crippen LogP) is 4.23. The molecule has 1 aromatic carbocycles. The normalized spacial score (nSPS) is 15.9. The van der Waals surface area contributed by atoms with Crippen molar-refractivity contribution in [2.24, 2.45) is 0 Å². The number of anilines is 1. The third kappa shape index (κ3) is 4.40. The summed E-state index contributed by atoms with van der Waals surface area (Å²) in [5.74, 6) is 0. The summed E-state index contributed by atoms with van der Waals surface area (Å²) >= 11 is 0. The molecule has 1 aliphatic rings. The lowest BCUT2D eigenvalue weighted by atomic mass is 9.86. The van der Waals surface area contributed by atoms with E-state index in [0.717, 1.165) is 42.6 Å². The van der Waals surface area contributed by atoms with Crippen molar-refractivity contribution < 1.29 is 5.11 Å². The molecule has 0 amide bonds. The predicted molar refractivity (Wildman–Crippen MR) is 121 cm³/mol. The van der Waals surface area contributed by atoms with Crippen molar-refractivity contribution in [1.29, 1.82) is 0 Å². The van der Waals surface area contributed by atoms with Crippen LogP contribution in [0.1, 0.15) is 37.8 Å². The SMILES string of the molecule is C=C(CCc1c(-c2cnn(CCO)c2)ccc2c1CCC(C)N2C(=C)C)N(C)C. The number of hydrogen-bond acceptors (Lipinski definition) is 4. The summed E-state index contributed by atoms with van der Waals surface area (Å²) in [6.07, 6.45) is 7.99. The van der Waals surface area contributed by atoms with E-state index in [1.54, 1.807) is 4.68 Å². The first-order valence-electron chi connectivity index (χ1n) is 10.4. The quantitative estimate of drug-likeness (QED) is 0.728. The Balaban J connectivity index is 2.08. The fourth-order valence-corrected chi connectivity index (χ4v) is 4.26. The number of aromatic nitrogens is 2. The minimum absolute atomic E-state index is 0.0896. The highest BCUT2D eigenvalue weighted by Gasteiger charge is 2.27. The van der Waals surface area contributed by atoms with Crippen LogP contribution in [0.5, 0.6) is 0 Å². The van der Waals surface area contributed by atoms with Crippen LogP contribution >= 0.6 is 0 Å². The summed E-state index contributed by atoms with van der Waals surface area (Å²) in [7, 11) is 4.10. The molecule has 1 N–H and O–H groups in total. The van der Waals surface area contributed by atoms with Gasteiger partial charge in [0.1, 0.15) is 0 Å². The Morgan fingerprint density at radius 1 is 1.31 bits per heavy atom. The Morgan fingerprint density at radius 3 is 2.72 bits per heavy atom. The summed E-state index contributed by atoms with van der Waals surface area (Å²) in [6.45, 7) is 13.4. The van der Waals surface area contributed by atoms with E-state index in [1.165, 1.54) is 22.4 Å². The third-order valence-corrected chi connectivity index (χ3v) is 5.90. The molecule has 0 spiro atoms. The number of hydrogen-bond donors (Lipinski definition) is 1. The summed E-state index contributed by atoms with van der Waals surface area (Å²) in [6, 6.07) is 4.92. The molecule has 0 radical (unpaired) electrons. The highest BCUT2D eigenvalue weighted by atomic mass is 16.3. The molecule has 1 aromatic heterocycles. The summed E-state index contributed by atoms with van der Waals surface area (Å²) < 4.78 is 1.81. The van der Waals surface area contributed by atoms with Crippen LogP contribution in [0.15, 0.2) is 49.1 Å². The van der Waals surface area contributed by atoms with Gasteiger partial charge in [-0.1, -0.05) is 19.2 Å². The number of aliphatic hydroxyl groups is 1. The number of nitrogens with zero attached hydrogens (tertiary/aromatic N) is 4. The van der Waals surface area contributed by atoms with Crippen LogP contribution in [0, 0.1) is 0 Å². The van der Waals surface area contributed by atoms with Crippen LogP contribution in [0.25, 0.3) is 11.1 Å². The average molecular weight is 395 g/mol. The number of benzene rings is 1. The van der Waals surface area contributed by atoms with Crippen molar-refractivity contribution in [2.45, 2.75) is 52.1 Å². The molecule has 0 saturated heterocycles. The molecule has 0 saturated carbocycles. The van der Waals surface area contributed by atoms with Crippen molar-refractivity contribution in [3.8, 4) is 11.1 Å². The first-order valence-corrected chi connectivity index (χ1v) is 10.4. The number of rotatable bonds is 8. The van der Waals surface area contributed by atoms with Crippen LogP contribution in [0.2, 0.25) is 0 Å². The summed E-state index contributed by atoms with van der Waals surface area (Å²) in [5, 5.41) is 13.6. The van der Waals surface area contributed by atoms with Gasteiger partial charge in [0, 0.05) is 49.0 Å². The number of aliphatic hydroxyl groups excluding tert-OH is 1. The van der Waals surface area contributed by atoms with Crippen LogP contribution in [0.3, 0.4) is 0 Å². The molecular weight excluding hydrogens is 360 g/mol. The fraction of sp³-hybridized carbons (Fsp3) is 0.458. The molecule has 5 nitrogen and oxygen atoms in total. The van der Waals surface area contributed by atoms with Gasteiger partial charge in [-0.25, -0.2) is 0 Å². The van der Waals surface area contributed by atoms with Crippen molar-refractivity contribution in [1.82, 2.24) is 14.7 Å². The maximum atomic E-state index is 9.23. The molecule has 0 aliphatic carbocycles. The Bertz CT molecular complexity index is 896. The van der Waals surface area contributed by atoms with Gasteiger partial charge in [0.25, 0.3) is 0 Å². The van der Waals surface area contributed by atoms with E-state index in [0.29, 0.717) is 12.6 Å². The van der Waals surface area contributed by atoms with Crippen LogP contribution < -0.4 is 4.90 Å².